The standard InChI is InChI=1S/C18H22N2O/c1-13(2)20-12-16-11-18(8-9-19-16)21-17-7-6-14-4-3-5-15(14)10-17/h6-11,13,20H,3-5,12H2,1-2H3. The first-order chi connectivity index (χ1) is 10.2. The van der Waals surface area contributed by atoms with Crippen LogP contribution in [0.2, 0.25) is 0 Å². The minimum absolute atomic E-state index is 0.452. The predicted octanol–water partition coefficient (Wildman–Crippen LogP) is 3.86. The fourth-order valence-electron chi connectivity index (χ4n) is 2.67. The Balaban J connectivity index is 1.71. The lowest BCUT2D eigenvalue weighted by atomic mass is 10.1. The summed E-state index contributed by atoms with van der Waals surface area (Å²) in [6.07, 6.45) is 5.45. The minimum Gasteiger partial charge on any atom is -0.457 e. The molecule has 0 spiro atoms. The second-order valence-electron chi connectivity index (χ2n) is 5.90. The number of hydrogen-bond donors (Lipinski definition) is 1. The average Bonchev–Trinajstić information content (AvgIpc) is 2.93. The van der Waals surface area contributed by atoms with Gasteiger partial charge in [-0.3, -0.25) is 4.98 Å². The topological polar surface area (TPSA) is 34.1 Å². The van der Waals surface area contributed by atoms with Crippen molar-refractivity contribution in [1.29, 1.82) is 0 Å². The Morgan fingerprint density at radius 3 is 2.76 bits per heavy atom. The van der Waals surface area contributed by atoms with E-state index in [0.717, 1.165) is 23.7 Å². The average molecular weight is 282 g/mol. The molecule has 3 nitrogen and oxygen atoms in total. The number of nitrogens with zero attached hydrogens (tertiary/aromatic N) is 1. The molecular weight excluding hydrogens is 260 g/mol. The largest absolute Gasteiger partial charge is 0.457 e. The van der Waals surface area contributed by atoms with Crippen molar-refractivity contribution < 1.29 is 4.74 Å². The first-order valence-corrected chi connectivity index (χ1v) is 7.69. The number of nitrogens with one attached hydrogen (secondary N) is 1. The number of pyridine rings is 1. The van der Waals surface area contributed by atoms with E-state index in [4.69, 9.17) is 4.74 Å². The summed E-state index contributed by atoms with van der Waals surface area (Å²) >= 11 is 0. The van der Waals surface area contributed by atoms with Crippen LogP contribution in [0.4, 0.5) is 0 Å². The molecule has 0 saturated carbocycles. The van der Waals surface area contributed by atoms with Crippen molar-refractivity contribution in [2.24, 2.45) is 0 Å². The third-order valence-electron chi connectivity index (χ3n) is 3.79. The van der Waals surface area contributed by atoms with Crippen molar-refractivity contribution in [3.8, 4) is 11.5 Å². The molecule has 1 heterocycles. The van der Waals surface area contributed by atoms with E-state index in [0.29, 0.717) is 6.04 Å². The Hall–Kier alpha value is -1.87. The molecule has 0 aliphatic heterocycles. The van der Waals surface area contributed by atoms with Crippen LogP contribution in [0.1, 0.15) is 37.1 Å². The monoisotopic (exact) mass is 282 g/mol. The zero-order valence-electron chi connectivity index (χ0n) is 12.7. The summed E-state index contributed by atoms with van der Waals surface area (Å²) in [4.78, 5) is 4.37. The van der Waals surface area contributed by atoms with Crippen LogP contribution in [0.25, 0.3) is 0 Å². The van der Waals surface area contributed by atoms with E-state index in [2.05, 4.69) is 42.3 Å². The zero-order valence-corrected chi connectivity index (χ0v) is 12.7. The van der Waals surface area contributed by atoms with E-state index in [1.165, 1.54) is 30.4 Å². The molecule has 2 aromatic rings. The van der Waals surface area contributed by atoms with Crippen LogP contribution < -0.4 is 10.1 Å². The van der Waals surface area contributed by atoms with Crippen LogP contribution in [-0.2, 0) is 19.4 Å². The normalized spacial score (nSPS) is 13.5. The van der Waals surface area contributed by atoms with E-state index in [1.54, 1.807) is 6.20 Å². The third-order valence-corrected chi connectivity index (χ3v) is 3.79. The van der Waals surface area contributed by atoms with Gasteiger partial charge in [0.1, 0.15) is 11.5 Å². The molecule has 1 aliphatic rings. The number of fused-ring (bicyclic) bond motifs is 1. The fourth-order valence-corrected chi connectivity index (χ4v) is 2.67. The SMILES string of the molecule is CC(C)NCc1cc(Oc2ccc3c(c2)CCC3)ccn1. The van der Waals surface area contributed by atoms with Crippen molar-refractivity contribution >= 4 is 0 Å². The number of hydrogen-bond acceptors (Lipinski definition) is 3. The van der Waals surface area contributed by atoms with Crippen molar-refractivity contribution in [2.45, 2.75) is 45.7 Å². The molecule has 1 N–H and O–H groups in total. The van der Waals surface area contributed by atoms with E-state index in [9.17, 15) is 0 Å². The number of aromatic nitrogens is 1. The first-order valence-electron chi connectivity index (χ1n) is 7.69. The first kappa shape index (κ1) is 14.1. The van der Waals surface area contributed by atoms with Crippen LogP contribution in [0, 0.1) is 0 Å². The molecule has 110 valence electrons. The lowest BCUT2D eigenvalue weighted by Gasteiger charge is -2.10. The quantitative estimate of drug-likeness (QED) is 0.904. The second-order valence-corrected chi connectivity index (χ2v) is 5.90. The minimum atomic E-state index is 0.452. The summed E-state index contributed by atoms with van der Waals surface area (Å²) in [5, 5.41) is 3.37. The lowest BCUT2D eigenvalue weighted by Crippen LogP contribution is -2.22. The molecule has 0 amide bonds. The van der Waals surface area contributed by atoms with Crippen LogP contribution in [0.15, 0.2) is 36.5 Å². The predicted molar refractivity (Wildman–Crippen MR) is 84.8 cm³/mol. The zero-order chi connectivity index (χ0) is 14.7. The molecule has 1 aliphatic carbocycles. The van der Waals surface area contributed by atoms with Crippen LogP contribution in [-0.4, -0.2) is 11.0 Å². The maximum absolute atomic E-state index is 5.98. The van der Waals surface area contributed by atoms with Crippen molar-refractivity contribution in [1.82, 2.24) is 10.3 Å². The molecule has 1 aromatic heterocycles. The number of rotatable bonds is 5. The van der Waals surface area contributed by atoms with Crippen LogP contribution in [0.3, 0.4) is 0 Å². The second kappa shape index (κ2) is 6.27. The van der Waals surface area contributed by atoms with Gasteiger partial charge in [0.05, 0.1) is 5.69 Å². The molecule has 1 aromatic carbocycles. The van der Waals surface area contributed by atoms with E-state index in [-0.39, 0.29) is 0 Å². The third kappa shape index (κ3) is 3.61. The Morgan fingerprint density at radius 2 is 1.90 bits per heavy atom. The highest BCUT2D eigenvalue weighted by Gasteiger charge is 2.11. The number of aryl methyl sites for hydroxylation is 2. The Bertz CT molecular complexity index is 622. The molecule has 3 heteroatoms. The van der Waals surface area contributed by atoms with Gasteiger partial charge in [0, 0.05) is 24.8 Å². The van der Waals surface area contributed by atoms with Crippen molar-refractivity contribution in [2.75, 3.05) is 0 Å². The molecule has 0 radical (unpaired) electrons. The van der Waals surface area contributed by atoms with Crippen LogP contribution >= 0.6 is 0 Å². The van der Waals surface area contributed by atoms with Gasteiger partial charge in [-0.1, -0.05) is 19.9 Å². The van der Waals surface area contributed by atoms with E-state index in [1.807, 2.05) is 12.1 Å². The van der Waals surface area contributed by atoms with E-state index >= 15 is 0 Å². The number of benzene rings is 1. The summed E-state index contributed by atoms with van der Waals surface area (Å²) in [6, 6.07) is 10.8. The van der Waals surface area contributed by atoms with Gasteiger partial charge >= 0.3 is 0 Å². The summed E-state index contributed by atoms with van der Waals surface area (Å²) in [5.41, 5.74) is 3.91. The molecule has 0 fully saturated rings. The summed E-state index contributed by atoms with van der Waals surface area (Å²) < 4.78 is 5.98. The van der Waals surface area contributed by atoms with Gasteiger partial charge in [-0.25, -0.2) is 0 Å². The lowest BCUT2D eigenvalue weighted by molar-refractivity contribution is 0.479. The van der Waals surface area contributed by atoms with Gasteiger partial charge in [0.2, 0.25) is 0 Å². The molecule has 21 heavy (non-hydrogen) atoms. The van der Waals surface area contributed by atoms with Crippen LogP contribution in [0.5, 0.6) is 11.5 Å². The van der Waals surface area contributed by atoms with Gasteiger partial charge in [-0.2, -0.15) is 0 Å². The summed E-state index contributed by atoms with van der Waals surface area (Å²) in [5.74, 6) is 1.77. The Kier molecular flexibility index (Phi) is 4.20. The molecule has 0 bridgehead atoms. The number of ether oxygens (including phenoxy) is 1. The summed E-state index contributed by atoms with van der Waals surface area (Å²) in [6.45, 7) is 5.02. The van der Waals surface area contributed by atoms with Gasteiger partial charge in [0.15, 0.2) is 0 Å². The highest BCUT2D eigenvalue weighted by molar-refractivity contribution is 5.40. The molecule has 0 atom stereocenters. The highest BCUT2D eigenvalue weighted by atomic mass is 16.5. The van der Waals surface area contributed by atoms with Gasteiger partial charge < -0.3 is 10.1 Å². The van der Waals surface area contributed by atoms with Gasteiger partial charge in [0.25, 0.3) is 0 Å². The Morgan fingerprint density at radius 1 is 1.10 bits per heavy atom. The van der Waals surface area contributed by atoms with Crippen molar-refractivity contribution in [3.05, 3.63) is 53.3 Å². The fraction of sp³-hybridized carbons (Fsp3) is 0.389. The van der Waals surface area contributed by atoms with Gasteiger partial charge in [-0.15, -0.1) is 0 Å². The molecular formula is C18H22N2O. The highest BCUT2D eigenvalue weighted by Crippen LogP contribution is 2.28. The smallest absolute Gasteiger partial charge is 0.130 e. The molecule has 0 saturated heterocycles. The summed E-state index contributed by atoms with van der Waals surface area (Å²) in [7, 11) is 0. The maximum Gasteiger partial charge on any atom is 0.130 e. The van der Waals surface area contributed by atoms with Crippen molar-refractivity contribution in [3.63, 3.8) is 0 Å². The molecule has 0 unspecified atom stereocenters. The van der Waals surface area contributed by atoms with Gasteiger partial charge in [-0.05, 0) is 48.6 Å². The van der Waals surface area contributed by atoms with E-state index < -0.39 is 0 Å². The molecule has 3 rings (SSSR count). The Labute approximate surface area is 126 Å². The maximum atomic E-state index is 5.98.